The van der Waals surface area contributed by atoms with E-state index < -0.39 is 28.0 Å². The highest BCUT2D eigenvalue weighted by atomic mass is 79.9. The third kappa shape index (κ3) is 12.8. The van der Waals surface area contributed by atoms with Crippen LogP contribution in [0.1, 0.15) is 16.2 Å². The first-order valence-electron chi connectivity index (χ1n) is 5.80. The molecule has 0 fully saturated rings. The molecule has 0 aliphatic heterocycles. The molecule has 0 radical (unpaired) electrons. The Bertz CT molecular complexity index is 931. The number of rotatable bonds is 1. The average molecular weight is 537 g/mol. The highest BCUT2D eigenvalue weighted by molar-refractivity contribution is 9.10. The molecule has 0 unspecified atom stereocenters. The molecule has 0 saturated carbocycles. The van der Waals surface area contributed by atoms with Gasteiger partial charge in [0.15, 0.2) is 11.4 Å². The molecule has 0 atom stereocenters. The average Bonchev–Trinajstić information content (AvgIpc) is 2.45. The van der Waals surface area contributed by atoms with Crippen LogP contribution in [0.15, 0.2) is 33.5 Å². The van der Waals surface area contributed by atoms with Crippen molar-refractivity contribution in [2.24, 2.45) is 0 Å². The van der Waals surface area contributed by atoms with Crippen LogP contribution in [0.5, 0.6) is 0 Å². The second kappa shape index (κ2) is 12.3. The predicted molar refractivity (Wildman–Crippen MR) is 93.3 cm³/mol. The highest BCUT2D eigenvalue weighted by Crippen LogP contribution is 2.15. The van der Waals surface area contributed by atoms with E-state index in [0.717, 1.165) is 18.5 Å². The summed E-state index contributed by atoms with van der Waals surface area (Å²) in [5.41, 5.74) is 0.00722. The Kier molecular flexibility index (Phi) is 12.4. The summed E-state index contributed by atoms with van der Waals surface area (Å²) in [5, 5.41) is 16.8. The summed E-state index contributed by atoms with van der Waals surface area (Å²) in [4.78, 5) is 17.2. The summed E-state index contributed by atoms with van der Waals surface area (Å²) in [6, 6.07) is 4.05. The van der Waals surface area contributed by atoms with Crippen molar-refractivity contribution in [1.82, 2.24) is 9.97 Å². The van der Waals surface area contributed by atoms with Crippen molar-refractivity contribution in [1.29, 1.82) is 5.26 Å². The minimum Gasteiger partial charge on any atom is -0.476 e. The molecular weight excluding hydrogens is 528 g/mol. The molecule has 27 heavy (non-hydrogen) atoms. The number of nitriles is 1. The molecule has 0 saturated heterocycles. The maximum atomic E-state index is 12.3. The zero-order valence-corrected chi connectivity index (χ0v) is 16.6. The molecule has 0 amide bonds. The molecule has 5 N–H and O–H groups in total. The van der Waals surface area contributed by atoms with Crippen LogP contribution in [-0.2, 0) is 10.4 Å². The van der Waals surface area contributed by atoms with Crippen LogP contribution in [0, 0.1) is 23.0 Å². The van der Waals surface area contributed by atoms with Gasteiger partial charge >= 0.3 is 16.4 Å². The van der Waals surface area contributed by atoms with Gasteiger partial charge in [0.2, 0.25) is 0 Å². The maximum absolute atomic E-state index is 12.3. The topological polar surface area (TPSA) is 193 Å². The first kappa shape index (κ1) is 27.1. The normalized spacial score (nSPS) is 9.37. The number of carboxylic acids is 1. The van der Waals surface area contributed by atoms with E-state index in [1.807, 2.05) is 0 Å². The van der Waals surface area contributed by atoms with Gasteiger partial charge in [0, 0.05) is 0 Å². The minimum absolute atomic E-state index is 0. The zero-order valence-electron chi connectivity index (χ0n) is 12.6. The van der Waals surface area contributed by atoms with Gasteiger partial charge in [0.25, 0.3) is 0 Å². The van der Waals surface area contributed by atoms with E-state index in [-0.39, 0.29) is 21.3 Å². The molecule has 0 spiro atoms. The Morgan fingerprint density at radius 1 is 1.07 bits per heavy atom. The quantitative estimate of drug-likeness (QED) is 0.457. The predicted octanol–water partition coefficient (Wildman–Crippen LogP) is 2.06. The number of nitrogens with zero attached hydrogens (tertiary/aromatic N) is 3. The van der Waals surface area contributed by atoms with Crippen molar-refractivity contribution in [3.8, 4) is 6.07 Å². The van der Waals surface area contributed by atoms with Gasteiger partial charge in [0.1, 0.15) is 17.7 Å². The molecule has 0 aromatic carbocycles. The fraction of sp³-hybridized carbons (Fsp3) is 0. The van der Waals surface area contributed by atoms with Gasteiger partial charge in [-0.25, -0.2) is 23.5 Å². The molecule has 2 heterocycles. The number of hydrogen-bond donors (Lipinski definition) is 3. The van der Waals surface area contributed by atoms with E-state index in [9.17, 15) is 13.6 Å². The largest absolute Gasteiger partial charge is 0.476 e. The van der Waals surface area contributed by atoms with Crippen LogP contribution in [0.2, 0.25) is 0 Å². The maximum Gasteiger partial charge on any atom is 0.394 e. The Labute approximate surface area is 167 Å². The summed E-state index contributed by atoms with van der Waals surface area (Å²) in [7, 11) is -4.67. The van der Waals surface area contributed by atoms with E-state index in [2.05, 4.69) is 41.8 Å². The molecule has 10 nitrogen and oxygen atoms in total. The number of halogens is 4. The van der Waals surface area contributed by atoms with Crippen molar-refractivity contribution in [2.75, 3.05) is 0 Å². The van der Waals surface area contributed by atoms with Crippen molar-refractivity contribution in [3.63, 3.8) is 0 Å². The summed E-state index contributed by atoms with van der Waals surface area (Å²) in [6.45, 7) is 0. The van der Waals surface area contributed by atoms with Gasteiger partial charge in [-0.1, -0.05) is 0 Å². The summed E-state index contributed by atoms with van der Waals surface area (Å²) in [5.74, 6) is -2.20. The Balaban J connectivity index is 0. The van der Waals surface area contributed by atoms with Crippen LogP contribution in [-0.4, -0.2) is 44.0 Å². The van der Waals surface area contributed by atoms with Crippen LogP contribution >= 0.6 is 31.9 Å². The number of carbonyl (C=O) groups is 1. The van der Waals surface area contributed by atoms with Gasteiger partial charge in [-0.05, 0) is 44.0 Å². The summed E-state index contributed by atoms with van der Waals surface area (Å²) >= 11 is 5.85. The number of hydrogen-bond acceptors (Lipinski definition) is 6. The third-order valence-corrected chi connectivity index (χ3v) is 3.13. The fourth-order valence-electron chi connectivity index (χ4n) is 1.07. The van der Waals surface area contributed by atoms with Crippen molar-refractivity contribution in [2.45, 2.75) is 0 Å². The van der Waals surface area contributed by atoms with E-state index >= 15 is 0 Å². The van der Waals surface area contributed by atoms with E-state index in [4.69, 9.17) is 27.9 Å². The molecule has 2 aromatic heterocycles. The fourth-order valence-corrected chi connectivity index (χ4v) is 1.97. The van der Waals surface area contributed by atoms with Gasteiger partial charge in [-0.15, -0.1) is 0 Å². The minimum atomic E-state index is -4.67. The molecule has 2 rings (SSSR count). The zero-order chi connectivity index (χ0) is 20.5. The Hall–Kier alpha value is -2.09. The molecule has 0 aliphatic rings. The SMILES string of the molecule is N#Cc1ncc(F)cc1Br.O.O=C(O)c1ncc(F)cc1Br.O=S(=O)(O)O. The van der Waals surface area contributed by atoms with E-state index in [1.54, 1.807) is 6.07 Å². The second-order valence-electron chi connectivity index (χ2n) is 3.83. The molecule has 0 bridgehead atoms. The molecule has 0 aliphatic carbocycles. The van der Waals surface area contributed by atoms with Gasteiger partial charge in [-0.2, -0.15) is 13.7 Å². The molecule has 148 valence electrons. The molecular formula is C12H9Br2F2N3O7S. The number of aromatic nitrogens is 2. The monoisotopic (exact) mass is 535 g/mol. The number of pyridine rings is 2. The highest BCUT2D eigenvalue weighted by Gasteiger charge is 2.09. The summed E-state index contributed by atoms with van der Waals surface area (Å²) < 4.78 is 56.7. The number of aromatic carboxylic acids is 1. The van der Waals surface area contributed by atoms with Gasteiger partial charge in [-0.3, -0.25) is 9.11 Å². The lowest BCUT2D eigenvalue weighted by atomic mass is 10.3. The summed E-state index contributed by atoms with van der Waals surface area (Å²) in [6.07, 6.45) is 1.86. The smallest absolute Gasteiger partial charge is 0.394 e. The third-order valence-electron chi connectivity index (χ3n) is 1.92. The first-order valence-corrected chi connectivity index (χ1v) is 8.78. The van der Waals surface area contributed by atoms with E-state index in [1.165, 1.54) is 6.07 Å². The number of carboxylic acid groups (broad SMARTS) is 1. The molecule has 2 aromatic rings. The molecule has 15 heteroatoms. The van der Waals surface area contributed by atoms with Crippen molar-refractivity contribution >= 4 is 48.2 Å². The van der Waals surface area contributed by atoms with Crippen LogP contribution in [0.4, 0.5) is 8.78 Å². The first-order chi connectivity index (χ1) is 11.8. The van der Waals surface area contributed by atoms with Crippen LogP contribution < -0.4 is 0 Å². The lowest BCUT2D eigenvalue weighted by Crippen LogP contribution is -2.01. The lowest BCUT2D eigenvalue weighted by molar-refractivity contribution is 0.0689. The Morgan fingerprint density at radius 2 is 1.48 bits per heavy atom. The van der Waals surface area contributed by atoms with Crippen molar-refractivity contribution < 1.29 is 41.7 Å². The van der Waals surface area contributed by atoms with Gasteiger partial charge < -0.3 is 10.6 Å². The second-order valence-corrected chi connectivity index (χ2v) is 6.44. The standard InChI is InChI=1S/C6H2BrFN2.C6H3BrFNO2.H2O4S.H2O/c7-5-1-4(8)3-10-6(5)2-9;7-4-1-3(8)2-9-5(4)6(10)11;1-5(2,3)4;/h1,3H;1-2H,(H,10,11);(H2,1,2,3,4);1H2. The Morgan fingerprint density at radius 3 is 1.81 bits per heavy atom. The van der Waals surface area contributed by atoms with Crippen molar-refractivity contribution in [3.05, 3.63) is 56.5 Å². The van der Waals surface area contributed by atoms with Crippen LogP contribution in [0.3, 0.4) is 0 Å². The van der Waals surface area contributed by atoms with E-state index in [0.29, 0.717) is 4.47 Å². The van der Waals surface area contributed by atoms with Crippen LogP contribution in [0.25, 0.3) is 0 Å². The lowest BCUT2D eigenvalue weighted by Gasteiger charge is -1.95. The van der Waals surface area contributed by atoms with Gasteiger partial charge in [0.05, 0.1) is 21.3 Å².